The van der Waals surface area contributed by atoms with Gasteiger partial charge in [0.05, 0.1) is 0 Å². The van der Waals surface area contributed by atoms with Crippen LogP contribution in [0.2, 0.25) is 0 Å². The molecule has 0 bridgehead atoms. The number of benzene rings is 1. The van der Waals surface area contributed by atoms with Gasteiger partial charge in [-0.3, -0.25) is 9.59 Å². The summed E-state index contributed by atoms with van der Waals surface area (Å²) in [6.07, 6.45) is 6.64. The molecule has 1 rings (SSSR count). The van der Waals surface area contributed by atoms with Gasteiger partial charge in [-0.15, -0.1) is 12.3 Å². The molecule has 1 aromatic carbocycles. The van der Waals surface area contributed by atoms with Crippen LogP contribution < -0.4 is 5.32 Å². The van der Waals surface area contributed by atoms with Gasteiger partial charge in [0.25, 0.3) is 5.91 Å². The quantitative estimate of drug-likeness (QED) is 0.294. The molecule has 0 saturated heterocycles. The van der Waals surface area contributed by atoms with E-state index < -0.39 is 11.9 Å². The molecule has 6 heteroatoms. The van der Waals surface area contributed by atoms with Crippen molar-refractivity contribution in [3.05, 3.63) is 41.2 Å². The monoisotopic (exact) mass is 326 g/mol. The number of amides is 1. The lowest BCUT2D eigenvalue weighted by molar-refractivity contribution is -0.137. The molecule has 6 nitrogen and oxygen atoms in total. The highest BCUT2D eigenvalue weighted by Gasteiger charge is 2.15. The number of nitrogens with zero attached hydrogens (tertiary/aromatic N) is 1. The molecule has 0 spiro atoms. The SMILES string of the molecule is C#CCC/C(O)=C(\C#N)C(=O)Nc1ccc(CCCC(=O)O)cc1. The fourth-order valence-electron chi connectivity index (χ4n) is 1.95. The summed E-state index contributed by atoms with van der Waals surface area (Å²) in [7, 11) is 0. The summed E-state index contributed by atoms with van der Waals surface area (Å²) in [6.45, 7) is 0. The number of aliphatic carboxylic acids is 1. The Morgan fingerprint density at radius 3 is 2.38 bits per heavy atom. The Hall–Kier alpha value is -3.25. The lowest BCUT2D eigenvalue weighted by Gasteiger charge is -2.07. The first-order chi connectivity index (χ1) is 11.5. The van der Waals surface area contributed by atoms with Gasteiger partial charge in [-0.2, -0.15) is 5.26 Å². The van der Waals surface area contributed by atoms with Gasteiger partial charge < -0.3 is 15.5 Å². The third-order valence-corrected chi connectivity index (χ3v) is 3.20. The minimum Gasteiger partial charge on any atom is -0.511 e. The van der Waals surface area contributed by atoms with E-state index >= 15 is 0 Å². The number of carboxylic acids is 1. The third-order valence-electron chi connectivity index (χ3n) is 3.20. The van der Waals surface area contributed by atoms with Crippen molar-refractivity contribution in [1.82, 2.24) is 0 Å². The summed E-state index contributed by atoms with van der Waals surface area (Å²) < 4.78 is 0. The number of terminal acetylenes is 1. The normalized spacial score (nSPS) is 10.9. The van der Waals surface area contributed by atoms with Crippen LogP contribution in [0.5, 0.6) is 0 Å². The van der Waals surface area contributed by atoms with Crippen molar-refractivity contribution in [1.29, 1.82) is 5.26 Å². The van der Waals surface area contributed by atoms with E-state index in [9.17, 15) is 14.7 Å². The van der Waals surface area contributed by atoms with E-state index in [1.54, 1.807) is 30.3 Å². The maximum atomic E-state index is 12.0. The lowest BCUT2D eigenvalue weighted by Crippen LogP contribution is -2.15. The first-order valence-electron chi connectivity index (χ1n) is 7.35. The van der Waals surface area contributed by atoms with E-state index in [1.165, 1.54) is 0 Å². The molecule has 0 unspecified atom stereocenters. The number of nitrogens with one attached hydrogen (secondary N) is 1. The van der Waals surface area contributed by atoms with E-state index in [-0.39, 0.29) is 30.6 Å². The van der Waals surface area contributed by atoms with E-state index in [1.807, 2.05) is 0 Å². The summed E-state index contributed by atoms with van der Waals surface area (Å²) in [6, 6.07) is 8.52. The van der Waals surface area contributed by atoms with Crippen LogP contribution in [0.25, 0.3) is 0 Å². The topological polar surface area (TPSA) is 110 Å². The summed E-state index contributed by atoms with van der Waals surface area (Å²) >= 11 is 0. The highest BCUT2D eigenvalue weighted by atomic mass is 16.4. The molecule has 3 N–H and O–H groups in total. The molecular weight excluding hydrogens is 308 g/mol. The van der Waals surface area contributed by atoms with Gasteiger partial charge >= 0.3 is 5.97 Å². The lowest BCUT2D eigenvalue weighted by atomic mass is 10.1. The van der Waals surface area contributed by atoms with Gasteiger partial charge in [-0.05, 0) is 30.5 Å². The first-order valence-corrected chi connectivity index (χ1v) is 7.35. The number of carbonyl (C=O) groups excluding carboxylic acids is 1. The third kappa shape index (κ3) is 6.25. The highest BCUT2D eigenvalue weighted by molar-refractivity contribution is 6.06. The van der Waals surface area contributed by atoms with Crippen LogP contribution in [0.3, 0.4) is 0 Å². The van der Waals surface area contributed by atoms with Gasteiger partial charge in [-0.25, -0.2) is 0 Å². The van der Waals surface area contributed by atoms with Crippen LogP contribution >= 0.6 is 0 Å². The zero-order valence-electron chi connectivity index (χ0n) is 13.1. The first kappa shape index (κ1) is 18.8. The van der Waals surface area contributed by atoms with E-state index in [0.717, 1.165) is 5.56 Å². The summed E-state index contributed by atoms with van der Waals surface area (Å²) in [5, 5.41) is 29.9. The van der Waals surface area contributed by atoms with Crippen molar-refractivity contribution in [3.8, 4) is 18.4 Å². The number of carbonyl (C=O) groups is 2. The molecule has 24 heavy (non-hydrogen) atoms. The number of aliphatic hydroxyl groups is 1. The van der Waals surface area contributed by atoms with Crippen LogP contribution in [-0.4, -0.2) is 22.1 Å². The van der Waals surface area contributed by atoms with Crippen LogP contribution in [0, 0.1) is 23.7 Å². The Morgan fingerprint density at radius 2 is 1.83 bits per heavy atom. The van der Waals surface area contributed by atoms with Crippen molar-refractivity contribution in [2.24, 2.45) is 0 Å². The number of nitriles is 1. The zero-order valence-corrected chi connectivity index (χ0v) is 13.1. The maximum Gasteiger partial charge on any atom is 0.303 e. The molecule has 1 aromatic rings. The number of carboxylic acid groups (broad SMARTS) is 1. The van der Waals surface area contributed by atoms with Gasteiger partial charge in [0, 0.05) is 24.9 Å². The Bertz CT molecular complexity index is 706. The van der Waals surface area contributed by atoms with Gasteiger partial charge in [0.15, 0.2) is 5.57 Å². The Labute approximate surface area is 140 Å². The van der Waals surface area contributed by atoms with Crippen LogP contribution in [-0.2, 0) is 16.0 Å². The molecule has 124 valence electrons. The molecule has 0 aliphatic carbocycles. The van der Waals surface area contributed by atoms with Crippen LogP contribution in [0.4, 0.5) is 5.69 Å². The van der Waals surface area contributed by atoms with E-state index in [2.05, 4.69) is 11.2 Å². The average molecular weight is 326 g/mol. The Kier molecular flexibility index (Phi) is 7.60. The fourth-order valence-corrected chi connectivity index (χ4v) is 1.95. The predicted molar refractivity (Wildman–Crippen MR) is 89.0 cm³/mol. The number of hydrogen-bond donors (Lipinski definition) is 3. The Balaban J connectivity index is 2.68. The second-order valence-corrected chi connectivity index (χ2v) is 5.04. The summed E-state index contributed by atoms with van der Waals surface area (Å²) in [5.41, 5.74) is 1.05. The van der Waals surface area contributed by atoms with E-state index in [0.29, 0.717) is 18.5 Å². The van der Waals surface area contributed by atoms with E-state index in [4.69, 9.17) is 16.8 Å². The molecule has 0 aromatic heterocycles. The Morgan fingerprint density at radius 1 is 1.17 bits per heavy atom. The van der Waals surface area contributed by atoms with Crippen LogP contribution in [0.1, 0.15) is 31.2 Å². The molecule has 1 amide bonds. The molecular formula is C18H18N2O4. The van der Waals surface area contributed by atoms with Gasteiger partial charge in [-0.1, -0.05) is 12.1 Å². The second kappa shape index (κ2) is 9.70. The average Bonchev–Trinajstić information content (AvgIpc) is 2.55. The molecule has 0 heterocycles. The minimum absolute atomic E-state index is 0.0648. The highest BCUT2D eigenvalue weighted by Crippen LogP contribution is 2.14. The second-order valence-electron chi connectivity index (χ2n) is 5.04. The number of aryl methyl sites for hydroxylation is 1. The minimum atomic E-state index is -0.834. The number of rotatable bonds is 8. The number of allylic oxidation sites excluding steroid dienone is 1. The standard InChI is InChI=1S/C18H18N2O4/c1-2-3-6-16(21)15(12-19)18(24)20-14-10-8-13(9-11-14)5-4-7-17(22)23/h1,8-11,21H,3-7H2,(H,20,24)(H,22,23)/b16-15-. The summed E-state index contributed by atoms with van der Waals surface area (Å²) in [5.74, 6) is 0.452. The molecule has 0 saturated carbocycles. The van der Waals surface area contributed by atoms with Crippen molar-refractivity contribution in [2.75, 3.05) is 5.32 Å². The van der Waals surface area contributed by atoms with Crippen molar-refractivity contribution in [2.45, 2.75) is 32.1 Å². The van der Waals surface area contributed by atoms with Gasteiger partial charge in [0.2, 0.25) is 0 Å². The molecule has 0 aliphatic heterocycles. The number of anilines is 1. The summed E-state index contributed by atoms with van der Waals surface area (Å²) in [4.78, 5) is 22.5. The molecule has 0 radical (unpaired) electrons. The predicted octanol–water partition coefficient (Wildman–Crippen LogP) is 2.78. The smallest absolute Gasteiger partial charge is 0.303 e. The van der Waals surface area contributed by atoms with Crippen molar-refractivity contribution in [3.63, 3.8) is 0 Å². The molecule has 0 fully saturated rings. The molecule has 0 aliphatic rings. The van der Waals surface area contributed by atoms with Gasteiger partial charge in [0.1, 0.15) is 11.8 Å². The van der Waals surface area contributed by atoms with Crippen LogP contribution in [0.15, 0.2) is 35.6 Å². The largest absolute Gasteiger partial charge is 0.511 e. The zero-order chi connectivity index (χ0) is 17.9. The van der Waals surface area contributed by atoms with Crippen molar-refractivity contribution < 1.29 is 19.8 Å². The number of hydrogen-bond acceptors (Lipinski definition) is 4. The number of aliphatic hydroxyl groups excluding tert-OH is 1. The van der Waals surface area contributed by atoms with Crippen molar-refractivity contribution >= 4 is 17.6 Å². The fraction of sp³-hybridized carbons (Fsp3) is 0.278. The molecule has 0 atom stereocenters. The maximum absolute atomic E-state index is 12.0.